The Labute approximate surface area is 263 Å². The fourth-order valence-corrected chi connectivity index (χ4v) is 5.73. The first-order valence-corrected chi connectivity index (χ1v) is 15.2. The maximum absolute atomic E-state index is 13.7. The molecule has 1 aromatic heterocycles. The minimum Gasteiger partial charge on any atom is -0.487 e. The molecule has 0 radical (unpaired) electrons. The zero-order valence-electron chi connectivity index (χ0n) is 26.8. The Morgan fingerprint density at radius 1 is 0.933 bits per heavy atom. The number of nitrogens with zero attached hydrogens (tertiary/aromatic N) is 1. The van der Waals surface area contributed by atoms with Crippen LogP contribution < -0.4 is 15.5 Å². The molecular formula is C35H42N2O8. The standard InChI is InChI=1S/C35H42N2O8/c1-7-8-19-44-31-29(33(40)43-6)37(21-26(30(31)38)32(39)42-5)27(20-36-34(41)45-35(2,3)4)28-24-15-11-9-13-22(24)17-18-23-14-10-12-16-25(23)28/h9-16,21,27-28H,7-8,17-20H2,1-6H3,(H,36,41)/t27-/m1/s1. The Bertz CT molecular complexity index is 1560. The van der Waals surface area contributed by atoms with E-state index in [0.29, 0.717) is 6.42 Å². The minimum absolute atomic E-state index is 0.0376. The van der Waals surface area contributed by atoms with Gasteiger partial charge in [0.2, 0.25) is 5.43 Å². The number of pyridine rings is 1. The molecule has 1 heterocycles. The lowest BCUT2D eigenvalue weighted by Gasteiger charge is -2.34. The van der Waals surface area contributed by atoms with E-state index in [1.807, 2.05) is 43.3 Å². The normalized spacial score (nSPS) is 13.5. The zero-order valence-corrected chi connectivity index (χ0v) is 26.8. The van der Waals surface area contributed by atoms with Crippen molar-refractivity contribution < 1.29 is 33.3 Å². The second kappa shape index (κ2) is 14.5. The molecule has 2 aromatic carbocycles. The van der Waals surface area contributed by atoms with Gasteiger partial charge in [-0.1, -0.05) is 61.9 Å². The lowest BCUT2D eigenvalue weighted by Crippen LogP contribution is -2.40. The lowest BCUT2D eigenvalue weighted by atomic mass is 9.82. The fraction of sp³-hybridized carbons (Fsp3) is 0.429. The van der Waals surface area contributed by atoms with Crippen LogP contribution in [0.4, 0.5) is 4.79 Å². The first-order valence-electron chi connectivity index (χ1n) is 15.2. The number of esters is 2. The molecule has 0 saturated carbocycles. The van der Waals surface area contributed by atoms with Crippen molar-refractivity contribution in [3.8, 4) is 5.75 Å². The first-order chi connectivity index (χ1) is 21.5. The summed E-state index contributed by atoms with van der Waals surface area (Å²) in [7, 11) is 2.39. The van der Waals surface area contributed by atoms with Crippen LogP contribution in [-0.2, 0) is 27.1 Å². The average molecular weight is 619 g/mol. The molecule has 10 heteroatoms. The molecule has 1 aliphatic rings. The number of hydrogen-bond acceptors (Lipinski definition) is 8. The molecule has 240 valence electrons. The van der Waals surface area contributed by atoms with E-state index in [1.165, 1.54) is 25.0 Å². The Morgan fingerprint density at radius 2 is 1.51 bits per heavy atom. The summed E-state index contributed by atoms with van der Waals surface area (Å²) in [6, 6.07) is 15.3. The van der Waals surface area contributed by atoms with Crippen LogP contribution in [0.25, 0.3) is 0 Å². The van der Waals surface area contributed by atoms with E-state index in [0.717, 1.165) is 41.5 Å². The number of nitrogens with one attached hydrogen (secondary N) is 1. The summed E-state index contributed by atoms with van der Waals surface area (Å²) in [5.74, 6) is -2.45. The van der Waals surface area contributed by atoms with Gasteiger partial charge in [-0.05, 0) is 62.3 Å². The van der Waals surface area contributed by atoms with Crippen LogP contribution in [0.15, 0.2) is 59.5 Å². The third kappa shape index (κ3) is 7.56. The highest BCUT2D eigenvalue weighted by Crippen LogP contribution is 2.42. The van der Waals surface area contributed by atoms with Gasteiger partial charge in [0.15, 0.2) is 11.4 Å². The molecule has 0 fully saturated rings. The van der Waals surface area contributed by atoms with Crippen molar-refractivity contribution in [1.82, 2.24) is 9.88 Å². The van der Waals surface area contributed by atoms with E-state index in [1.54, 1.807) is 20.8 Å². The predicted molar refractivity (Wildman–Crippen MR) is 169 cm³/mol. The quantitative estimate of drug-likeness (QED) is 0.177. The summed E-state index contributed by atoms with van der Waals surface area (Å²) in [5, 5.41) is 2.88. The van der Waals surface area contributed by atoms with E-state index in [-0.39, 0.29) is 30.2 Å². The average Bonchev–Trinajstić information content (AvgIpc) is 3.18. The molecule has 10 nitrogen and oxygen atoms in total. The number of hydrogen-bond donors (Lipinski definition) is 1. The number of alkyl carbamates (subject to hydrolysis) is 1. The third-order valence-electron chi connectivity index (χ3n) is 7.76. The van der Waals surface area contributed by atoms with Crippen LogP contribution in [0.3, 0.4) is 0 Å². The van der Waals surface area contributed by atoms with Crippen molar-refractivity contribution in [2.24, 2.45) is 0 Å². The first kappa shape index (κ1) is 33.3. The minimum atomic E-state index is -0.883. The zero-order chi connectivity index (χ0) is 32.7. The fourth-order valence-electron chi connectivity index (χ4n) is 5.73. The van der Waals surface area contributed by atoms with Gasteiger partial charge in [-0.15, -0.1) is 0 Å². The van der Waals surface area contributed by atoms with E-state index in [4.69, 9.17) is 18.9 Å². The number of methoxy groups -OCH3 is 2. The number of fused-ring (bicyclic) bond motifs is 2. The highest BCUT2D eigenvalue weighted by Gasteiger charge is 2.37. The van der Waals surface area contributed by atoms with Gasteiger partial charge in [0.05, 0.1) is 26.9 Å². The summed E-state index contributed by atoms with van der Waals surface area (Å²) in [6.45, 7) is 7.36. The van der Waals surface area contributed by atoms with Gasteiger partial charge in [-0.25, -0.2) is 14.4 Å². The van der Waals surface area contributed by atoms with E-state index >= 15 is 0 Å². The van der Waals surface area contributed by atoms with E-state index in [9.17, 15) is 19.2 Å². The Hall–Kier alpha value is -4.60. The van der Waals surface area contributed by atoms with Gasteiger partial charge in [-0.3, -0.25) is 4.79 Å². The number of amides is 1. The number of aromatic nitrogens is 1. The van der Waals surface area contributed by atoms with Crippen LogP contribution in [0.2, 0.25) is 0 Å². The predicted octanol–water partition coefficient (Wildman–Crippen LogP) is 5.60. The molecule has 0 bridgehead atoms. The number of carbonyl (C=O) groups excluding carboxylic acids is 3. The molecule has 0 saturated heterocycles. The molecule has 1 amide bonds. The van der Waals surface area contributed by atoms with Crippen molar-refractivity contribution in [2.75, 3.05) is 27.4 Å². The lowest BCUT2D eigenvalue weighted by molar-refractivity contribution is 0.0514. The van der Waals surface area contributed by atoms with Crippen molar-refractivity contribution in [1.29, 1.82) is 0 Å². The van der Waals surface area contributed by atoms with E-state index in [2.05, 4.69) is 17.4 Å². The van der Waals surface area contributed by atoms with Crippen LogP contribution in [0.1, 0.15) is 95.6 Å². The monoisotopic (exact) mass is 618 g/mol. The SMILES string of the molecule is CCCCOc1c(C(=O)OC)n([C@H](CNC(=O)OC(C)(C)C)C2c3ccccc3CCc3ccccc32)cc(C(=O)OC)c1=O. The van der Waals surface area contributed by atoms with Crippen molar-refractivity contribution in [3.63, 3.8) is 0 Å². The third-order valence-corrected chi connectivity index (χ3v) is 7.76. The second-order valence-corrected chi connectivity index (χ2v) is 12.0. The molecule has 4 rings (SSSR count). The van der Waals surface area contributed by atoms with Gasteiger partial charge < -0.3 is 28.8 Å². The number of carbonyl (C=O) groups is 3. The number of aryl methyl sites for hydroxylation is 2. The molecule has 3 aromatic rings. The number of rotatable bonds is 10. The Kier molecular flexibility index (Phi) is 10.7. The highest BCUT2D eigenvalue weighted by atomic mass is 16.6. The summed E-state index contributed by atoms with van der Waals surface area (Å²) in [4.78, 5) is 53.3. The van der Waals surface area contributed by atoms with Gasteiger partial charge in [0, 0.05) is 18.7 Å². The van der Waals surface area contributed by atoms with Crippen LogP contribution >= 0.6 is 0 Å². The highest BCUT2D eigenvalue weighted by molar-refractivity contribution is 5.94. The van der Waals surface area contributed by atoms with Crippen molar-refractivity contribution >= 4 is 18.0 Å². The largest absolute Gasteiger partial charge is 0.487 e. The van der Waals surface area contributed by atoms with Crippen LogP contribution in [0.5, 0.6) is 5.75 Å². The van der Waals surface area contributed by atoms with Gasteiger partial charge in [0.1, 0.15) is 11.2 Å². The van der Waals surface area contributed by atoms with Gasteiger partial charge in [-0.2, -0.15) is 0 Å². The Morgan fingerprint density at radius 3 is 2.04 bits per heavy atom. The molecule has 45 heavy (non-hydrogen) atoms. The van der Waals surface area contributed by atoms with E-state index < -0.39 is 41.0 Å². The molecule has 0 unspecified atom stereocenters. The summed E-state index contributed by atoms with van der Waals surface area (Å²) < 4.78 is 23.2. The maximum atomic E-state index is 13.7. The smallest absolute Gasteiger partial charge is 0.407 e. The molecule has 0 spiro atoms. The number of ether oxygens (including phenoxy) is 4. The summed E-state index contributed by atoms with van der Waals surface area (Å²) in [5.41, 5.74) is 2.17. The van der Waals surface area contributed by atoms with Crippen LogP contribution in [-0.4, -0.2) is 55.6 Å². The maximum Gasteiger partial charge on any atom is 0.407 e. The van der Waals surface area contributed by atoms with Crippen molar-refractivity contribution in [2.45, 2.75) is 70.9 Å². The van der Waals surface area contributed by atoms with Crippen LogP contribution in [0, 0.1) is 0 Å². The molecule has 0 aliphatic heterocycles. The Balaban J connectivity index is 2.06. The molecule has 1 atom stereocenters. The van der Waals surface area contributed by atoms with Gasteiger partial charge >= 0.3 is 18.0 Å². The molecular weight excluding hydrogens is 576 g/mol. The number of benzene rings is 2. The summed E-state index contributed by atoms with van der Waals surface area (Å²) in [6.07, 6.45) is 3.60. The second-order valence-electron chi connectivity index (χ2n) is 12.0. The number of unbranched alkanes of at least 4 members (excludes halogenated alkanes) is 1. The topological polar surface area (TPSA) is 122 Å². The summed E-state index contributed by atoms with van der Waals surface area (Å²) >= 11 is 0. The van der Waals surface area contributed by atoms with Gasteiger partial charge in [0.25, 0.3) is 0 Å². The van der Waals surface area contributed by atoms with Crippen molar-refractivity contribution in [3.05, 3.63) is 98.5 Å². The molecule has 1 aliphatic carbocycles. The molecule has 1 N–H and O–H groups in total.